The molecule has 5 rings (SSSR count). The summed E-state index contributed by atoms with van der Waals surface area (Å²) in [5, 5.41) is 6.46. The maximum absolute atomic E-state index is 12.8. The van der Waals surface area contributed by atoms with Crippen molar-refractivity contribution in [3.63, 3.8) is 0 Å². The summed E-state index contributed by atoms with van der Waals surface area (Å²) in [5.41, 5.74) is 3.60. The van der Waals surface area contributed by atoms with Crippen LogP contribution in [0.25, 0.3) is 0 Å². The molecule has 158 valence electrons. The van der Waals surface area contributed by atoms with Crippen LogP contribution in [-0.4, -0.2) is 34.0 Å². The summed E-state index contributed by atoms with van der Waals surface area (Å²) >= 11 is 3.17. The number of aromatic nitrogens is 1. The minimum Gasteiger partial charge on any atom is -0.325 e. The number of anilines is 2. The molecule has 3 aromatic rings. The zero-order valence-corrected chi connectivity index (χ0v) is 18.5. The summed E-state index contributed by atoms with van der Waals surface area (Å²) in [4.78, 5) is 33.9. The van der Waals surface area contributed by atoms with Crippen LogP contribution in [0, 0.1) is 0 Å². The Bertz CT molecular complexity index is 1130. The number of hydrogen-bond donors (Lipinski definition) is 2. The molecule has 0 fully saturated rings. The van der Waals surface area contributed by atoms with E-state index < -0.39 is 0 Å². The molecule has 3 heterocycles. The molecule has 2 aliphatic rings. The van der Waals surface area contributed by atoms with E-state index in [9.17, 15) is 9.59 Å². The summed E-state index contributed by atoms with van der Waals surface area (Å²) in [5.74, 6) is 0.520. The second-order valence-corrected chi connectivity index (χ2v) is 9.87. The van der Waals surface area contributed by atoms with Gasteiger partial charge in [0, 0.05) is 53.6 Å². The molecule has 0 aliphatic carbocycles. The van der Waals surface area contributed by atoms with Gasteiger partial charge in [0.25, 0.3) is 5.91 Å². The summed E-state index contributed by atoms with van der Waals surface area (Å²) < 4.78 is 0. The van der Waals surface area contributed by atoms with Crippen molar-refractivity contribution < 1.29 is 9.59 Å². The van der Waals surface area contributed by atoms with Crippen LogP contribution in [0.2, 0.25) is 0 Å². The number of benzene rings is 2. The lowest BCUT2D eigenvalue weighted by Crippen LogP contribution is -2.29. The summed E-state index contributed by atoms with van der Waals surface area (Å²) in [6, 6.07) is 15.9. The smallest absolute Gasteiger partial charge is 0.257 e. The third-order valence-electron chi connectivity index (χ3n) is 5.38. The van der Waals surface area contributed by atoms with E-state index >= 15 is 0 Å². The number of amides is 2. The molecule has 6 nitrogen and oxygen atoms in total. The number of thioether (sulfide) groups is 1. The number of rotatable bonds is 4. The third kappa shape index (κ3) is 4.66. The van der Waals surface area contributed by atoms with E-state index in [0.717, 1.165) is 42.4 Å². The first-order valence-corrected chi connectivity index (χ1v) is 12.1. The van der Waals surface area contributed by atoms with Gasteiger partial charge in [-0.25, -0.2) is 4.98 Å². The molecule has 2 amide bonds. The van der Waals surface area contributed by atoms with Crippen molar-refractivity contribution in [3.05, 3.63) is 70.2 Å². The Morgan fingerprint density at radius 1 is 1.16 bits per heavy atom. The fourth-order valence-electron chi connectivity index (χ4n) is 3.81. The summed E-state index contributed by atoms with van der Waals surface area (Å²) in [7, 11) is 0. The fraction of sp³-hybridized carbons (Fsp3) is 0.261. The van der Waals surface area contributed by atoms with Gasteiger partial charge < -0.3 is 5.32 Å². The maximum Gasteiger partial charge on any atom is 0.257 e. The van der Waals surface area contributed by atoms with E-state index in [1.54, 1.807) is 35.2 Å². The fourth-order valence-corrected chi connectivity index (χ4v) is 5.79. The summed E-state index contributed by atoms with van der Waals surface area (Å²) in [6.45, 7) is 2.72. The van der Waals surface area contributed by atoms with Gasteiger partial charge in [0.15, 0.2) is 5.13 Å². The molecule has 0 atom stereocenters. The van der Waals surface area contributed by atoms with E-state index in [0.29, 0.717) is 22.8 Å². The molecule has 0 radical (unpaired) electrons. The lowest BCUT2D eigenvalue weighted by Gasteiger charge is -2.25. The SMILES string of the molecule is O=C1CCSc2ccc(C(=O)Nc3nc4c(s3)CN(Cc3ccccc3)CC4)cc2N1. The predicted molar refractivity (Wildman–Crippen MR) is 125 cm³/mol. The van der Waals surface area contributed by atoms with Crippen molar-refractivity contribution in [1.82, 2.24) is 9.88 Å². The molecule has 2 N–H and O–H groups in total. The second kappa shape index (κ2) is 8.82. The van der Waals surface area contributed by atoms with E-state index in [4.69, 9.17) is 0 Å². The molecule has 8 heteroatoms. The van der Waals surface area contributed by atoms with Crippen molar-refractivity contribution in [1.29, 1.82) is 0 Å². The first-order chi connectivity index (χ1) is 15.1. The molecule has 31 heavy (non-hydrogen) atoms. The quantitative estimate of drug-likeness (QED) is 0.617. The van der Waals surface area contributed by atoms with Gasteiger partial charge in [-0.15, -0.1) is 23.1 Å². The first kappa shape index (κ1) is 20.2. The minimum atomic E-state index is -0.210. The van der Waals surface area contributed by atoms with Crippen LogP contribution in [0.5, 0.6) is 0 Å². The summed E-state index contributed by atoms with van der Waals surface area (Å²) in [6.07, 6.45) is 1.36. The number of thiazole rings is 1. The first-order valence-electron chi connectivity index (χ1n) is 10.3. The Labute approximate surface area is 189 Å². The molecule has 0 unspecified atom stereocenters. The third-order valence-corrected chi connectivity index (χ3v) is 7.46. The number of hydrogen-bond acceptors (Lipinski definition) is 6. The highest BCUT2D eigenvalue weighted by Gasteiger charge is 2.22. The van der Waals surface area contributed by atoms with Gasteiger partial charge in [0.2, 0.25) is 5.91 Å². The molecule has 2 aromatic carbocycles. The molecule has 0 saturated carbocycles. The van der Waals surface area contributed by atoms with Gasteiger partial charge in [0.05, 0.1) is 11.4 Å². The molecule has 2 aliphatic heterocycles. The molecule has 0 saturated heterocycles. The van der Waals surface area contributed by atoms with Crippen LogP contribution in [0.15, 0.2) is 53.4 Å². The second-order valence-electron chi connectivity index (χ2n) is 7.65. The van der Waals surface area contributed by atoms with Crippen LogP contribution in [-0.2, 0) is 24.3 Å². The van der Waals surface area contributed by atoms with Crippen molar-refractivity contribution in [2.45, 2.75) is 30.8 Å². The average molecular weight is 451 g/mol. The highest BCUT2D eigenvalue weighted by Crippen LogP contribution is 2.32. The van der Waals surface area contributed by atoms with Crippen LogP contribution in [0.4, 0.5) is 10.8 Å². The van der Waals surface area contributed by atoms with Crippen molar-refractivity contribution >= 4 is 45.7 Å². The Morgan fingerprint density at radius 3 is 2.90 bits per heavy atom. The maximum atomic E-state index is 12.8. The molecular formula is C23H22N4O2S2. The van der Waals surface area contributed by atoms with Crippen LogP contribution < -0.4 is 10.6 Å². The van der Waals surface area contributed by atoms with Gasteiger partial charge in [-0.2, -0.15) is 0 Å². The number of carbonyl (C=O) groups is 2. The Balaban J connectivity index is 1.27. The van der Waals surface area contributed by atoms with E-state index in [-0.39, 0.29) is 11.8 Å². The monoisotopic (exact) mass is 450 g/mol. The van der Waals surface area contributed by atoms with Gasteiger partial charge >= 0.3 is 0 Å². The van der Waals surface area contributed by atoms with Crippen molar-refractivity contribution in [3.8, 4) is 0 Å². The standard InChI is InChI=1S/C23H22N4O2S2/c28-21-9-11-30-19-7-6-16(12-18(19)24-21)22(29)26-23-25-17-8-10-27(14-20(17)31-23)13-15-4-2-1-3-5-15/h1-7,12H,8-11,13-14H2,(H,24,28)(H,25,26,29). The lowest BCUT2D eigenvalue weighted by molar-refractivity contribution is -0.115. The number of fused-ring (bicyclic) bond motifs is 2. The van der Waals surface area contributed by atoms with Crippen LogP contribution >= 0.6 is 23.1 Å². The molecule has 0 bridgehead atoms. The zero-order valence-electron chi connectivity index (χ0n) is 16.9. The number of carbonyl (C=O) groups excluding carboxylic acids is 2. The lowest BCUT2D eigenvalue weighted by atomic mass is 10.1. The van der Waals surface area contributed by atoms with Crippen molar-refractivity contribution in [2.75, 3.05) is 22.9 Å². The zero-order chi connectivity index (χ0) is 21.2. The Hall–Kier alpha value is -2.68. The number of nitrogens with zero attached hydrogens (tertiary/aromatic N) is 2. The topological polar surface area (TPSA) is 74.3 Å². The van der Waals surface area contributed by atoms with Gasteiger partial charge in [0.1, 0.15) is 0 Å². The van der Waals surface area contributed by atoms with Gasteiger partial charge in [-0.05, 0) is 23.8 Å². The van der Waals surface area contributed by atoms with Crippen LogP contribution in [0.1, 0.15) is 32.9 Å². The highest BCUT2D eigenvalue weighted by molar-refractivity contribution is 7.99. The van der Waals surface area contributed by atoms with Gasteiger partial charge in [-0.3, -0.25) is 19.8 Å². The molecular weight excluding hydrogens is 428 g/mol. The van der Waals surface area contributed by atoms with E-state index in [1.807, 2.05) is 12.1 Å². The van der Waals surface area contributed by atoms with Gasteiger partial charge in [-0.1, -0.05) is 30.3 Å². The largest absolute Gasteiger partial charge is 0.325 e. The minimum absolute atomic E-state index is 0.0172. The number of nitrogens with one attached hydrogen (secondary N) is 2. The Morgan fingerprint density at radius 2 is 2.03 bits per heavy atom. The van der Waals surface area contributed by atoms with E-state index in [1.165, 1.54) is 10.4 Å². The van der Waals surface area contributed by atoms with Crippen molar-refractivity contribution in [2.24, 2.45) is 0 Å². The van der Waals surface area contributed by atoms with Crippen LogP contribution in [0.3, 0.4) is 0 Å². The molecule has 1 aromatic heterocycles. The Kier molecular flexibility index (Phi) is 5.76. The highest BCUT2D eigenvalue weighted by atomic mass is 32.2. The normalized spacial score (nSPS) is 16.1. The predicted octanol–water partition coefficient (Wildman–Crippen LogP) is 4.39. The average Bonchev–Trinajstić information content (AvgIpc) is 3.06. The van der Waals surface area contributed by atoms with E-state index in [2.05, 4.69) is 44.8 Å². The molecule has 0 spiro atoms.